The molecule has 118 valence electrons. The number of benzene rings is 1. The monoisotopic (exact) mass is 328 g/mol. The Kier molecular flexibility index (Phi) is 3.86. The highest BCUT2D eigenvalue weighted by molar-refractivity contribution is 6.30. The van der Waals surface area contributed by atoms with Crippen LogP contribution in [0.4, 0.5) is 5.82 Å². The molecule has 0 radical (unpaired) electrons. The SMILES string of the molecule is Cc1nc(NC(=O)C2=Cc3ccc(Cl)cc3C2)c(C)c(C)c1O. The predicted molar refractivity (Wildman–Crippen MR) is 91.9 cm³/mol. The van der Waals surface area contributed by atoms with Crippen LogP contribution in [-0.2, 0) is 11.2 Å². The van der Waals surface area contributed by atoms with Gasteiger partial charge in [-0.25, -0.2) is 4.98 Å². The van der Waals surface area contributed by atoms with Crippen molar-refractivity contribution in [2.24, 2.45) is 0 Å². The van der Waals surface area contributed by atoms with E-state index in [1.807, 2.05) is 38.1 Å². The molecule has 0 spiro atoms. The van der Waals surface area contributed by atoms with Gasteiger partial charge in [0, 0.05) is 17.0 Å². The molecular weight excluding hydrogens is 312 g/mol. The minimum absolute atomic E-state index is 0.169. The number of rotatable bonds is 2. The molecule has 0 fully saturated rings. The first kappa shape index (κ1) is 15.6. The van der Waals surface area contributed by atoms with E-state index in [2.05, 4.69) is 10.3 Å². The Morgan fingerprint density at radius 3 is 2.74 bits per heavy atom. The maximum atomic E-state index is 12.5. The molecule has 1 heterocycles. The van der Waals surface area contributed by atoms with E-state index >= 15 is 0 Å². The van der Waals surface area contributed by atoms with Crippen molar-refractivity contribution in [3.05, 3.63) is 56.7 Å². The van der Waals surface area contributed by atoms with Crippen LogP contribution in [0.5, 0.6) is 5.75 Å². The summed E-state index contributed by atoms with van der Waals surface area (Å²) in [6.07, 6.45) is 2.42. The summed E-state index contributed by atoms with van der Waals surface area (Å²) in [5.74, 6) is 0.470. The quantitative estimate of drug-likeness (QED) is 0.877. The summed E-state index contributed by atoms with van der Waals surface area (Å²) in [6.45, 7) is 5.35. The third-order valence-corrected chi connectivity index (χ3v) is 4.47. The number of anilines is 1. The van der Waals surface area contributed by atoms with Crippen LogP contribution in [0.2, 0.25) is 5.02 Å². The van der Waals surface area contributed by atoms with Gasteiger partial charge < -0.3 is 10.4 Å². The summed E-state index contributed by atoms with van der Waals surface area (Å²) >= 11 is 5.99. The lowest BCUT2D eigenvalue weighted by atomic mass is 10.1. The van der Waals surface area contributed by atoms with Gasteiger partial charge in [0.1, 0.15) is 11.6 Å². The first-order valence-electron chi connectivity index (χ1n) is 7.34. The highest BCUT2D eigenvalue weighted by atomic mass is 35.5. The number of halogens is 1. The smallest absolute Gasteiger partial charge is 0.253 e. The van der Waals surface area contributed by atoms with Gasteiger partial charge in [0.2, 0.25) is 0 Å². The number of pyridine rings is 1. The van der Waals surface area contributed by atoms with Crippen molar-refractivity contribution in [2.45, 2.75) is 27.2 Å². The lowest BCUT2D eigenvalue weighted by Crippen LogP contribution is -2.17. The molecule has 3 rings (SSSR count). The number of fused-ring (bicyclic) bond motifs is 1. The Bertz CT molecular complexity index is 857. The van der Waals surface area contributed by atoms with E-state index < -0.39 is 0 Å². The summed E-state index contributed by atoms with van der Waals surface area (Å²) in [7, 11) is 0. The summed E-state index contributed by atoms with van der Waals surface area (Å²) < 4.78 is 0. The minimum Gasteiger partial charge on any atom is -0.506 e. The zero-order valence-electron chi connectivity index (χ0n) is 13.2. The first-order chi connectivity index (χ1) is 10.9. The molecule has 1 aromatic heterocycles. The maximum absolute atomic E-state index is 12.5. The van der Waals surface area contributed by atoms with Gasteiger partial charge in [-0.1, -0.05) is 17.7 Å². The van der Waals surface area contributed by atoms with Gasteiger partial charge in [0.15, 0.2) is 0 Å². The lowest BCUT2D eigenvalue weighted by molar-refractivity contribution is -0.112. The third kappa shape index (κ3) is 2.82. The fourth-order valence-corrected chi connectivity index (χ4v) is 2.89. The molecule has 2 N–H and O–H groups in total. The van der Waals surface area contributed by atoms with Crippen LogP contribution in [0.25, 0.3) is 6.08 Å². The van der Waals surface area contributed by atoms with Crippen LogP contribution >= 0.6 is 11.6 Å². The number of aromatic nitrogens is 1. The largest absolute Gasteiger partial charge is 0.506 e. The number of carbonyl (C=O) groups is 1. The number of nitrogens with zero attached hydrogens (tertiary/aromatic N) is 1. The Balaban J connectivity index is 1.85. The van der Waals surface area contributed by atoms with E-state index in [1.165, 1.54) is 0 Å². The van der Waals surface area contributed by atoms with Crippen LogP contribution in [-0.4, -0.2) is 16.0 Å². The van der Waals surface area contributed by atoms with Crippen molar-refractivity contribution in [3.63, 3.8) is 0 Å². The second kappa shape index (κ2) is 5.70. The summed E-state index contributed by atoms with van der Waals surface area (Å²) in [5.41, 5.74) is 4.72. The van der Waals surface area contributed by atoms with Gasteiger partial charge in [-0.15, -0.1) is 0 Å². The van der Waals surface area contributed by atoms with Crippen LogP contribution in [0.15, 0.2) is 23.8 Å². The fraction of sp³-hybridized carbons (Fsp3) is 0.222. The molecule has 2 aromatic rings. The van der Waals surface area contributed by atoms with Crippen molar-refractivity contribution in [1.82, 2.24) is 4.98 Å². The summed E-state index contributed by atoms with van der Waals surface area (Å²) in [6, 6.07) is 5.61. The lowest BCUT2D eigenvalue weighted by Gasteiger charge is -2.13. The Morgan fingerprint density at radius 1 is 1.26 bits per heavy atom. The van der Waals surface area contributed by atoms with Gasteiger partial charge in [0.05, 0.1) is 5.69 Å². The van der Waals surface area contributed by atoms with Crippen molar-refractivity contribution in [3.8, 4) is 5.75 Å². The molecule has 5 heteroatoms. The molecule has 0 unspecified atom stereocenters. The molecule has 1 aliphatic rings. The normalized spacial score (nSPS) is 12.8. The number of nitrogens with one attached hydrogen (secondary N) is 1. The molecule has 23 heavy (non-hydrogen) atoms. The molecule has 0 saturated heterocycles. The maximum Gasteiger partial charge on any atom is 0.253 e. The second-order valence-corrected chi connectivity index (χ2v) is 6.22. The van der Waals surface area contributed by atoms with Crippen LogP contribution in [0.3, 0.4) is 0 Å². The standard InChI is InChI=1S/C18H17ClN2O2/c1-9-10(2)17(20-11(3)16(9)22)21-18(23)14-6-12-4-5-15(19)8-13(12)7-14/h4-6,8,22H,7H2,1-3H3,(H,20,21,23). The van der Waals surface area contributed by atoms with Gasteiger partial charge in [-0.05, 0) is 61.2 Å². The molecule has 0 aliphatic heterocycles. The molecule has 1 amide bonds. The van der Waals surface area contributed by atoms with Gasteiger partial charge in [0.25, 0.3) is 5.91 Å². The molecule has 0 atom stereocenters. The average Bonchev–Trinajstić information content (AvgIpc) is 2.93. The Morgan fingerprint density at radius 2 is 2.00 bits per heavy atom. The van der Waals surface area contributed by atoms with E-state index in [-0.39, 0.29) is 11.7 Å². The zero-order valence-corrected chi connectivity index (χ0v) is 14.0. The van der Waals surface area contributed by atoms with Crippen LogP contribution in [0, 0.1) is 20.8 Å². The number of hydrogen-bond donors (Lipinski definition) is 2. The highest BCUT2D eigenvalue weighted by Gasteiger charge is 2.20. The van der Waals surface area contributed by atoms with E-state index in [1.54, 1.807) is 6.92 Å². The number of aryl methyl sites for hydroxylation is 1. The summed E-state index contributed by atoms with van der Waals surface area (Å²) in [4.78, 5) is 16.8. The summed E-state index contributed by atoms with van der Waals surface area (Å²) in [5, 5.41) is 13.4. The predicted octanol–water partition coefficient (Wildman–Crippen LogP) is 3.94. The number of carbonyl (C=O) groups excluding carboxylic acids is 1. The number of amides is 1. The van der Waals surface area contributed by atoms with E-state index in [9.17, 15) is 9.90 Å². The Labute approximate surface area is 139 Å². The van der Waals surface area contributed by atoms with Crippen molar-refractivity contribution >= 4 is 29.4 Å². The van der Waals surface area contributed by atoms with Crippen LogP contribution in [0.1, 0.15) is 27.9 Å². The molecule has 0 bridgehead atoms. The third-order valence-electron chi connectivity index (χ3n) is 4.23. The molecular formula is C18H17ClN2O2. The molecule has 1 aromatic carbocycles. The van der Waals surface area contributed by atoms with E-state index in [0.717, 1.165) is 22.3 Å². The van der Waals surface area contributed by atoms with Crippen molar-refractivity contribution < 1.29 is 9.90 Å². The second-order valence-electron chi connectivity index (χ2n) is 5.79. The number of aromatic hydroxyl groups is 1. The minimum atomic E-state index is -0.183. The van der Waals surface area contributed by atoms with Gasteiger partial charge in [-0.2, -0.15) is 0 Å². The molecule has 0 saturated carbocycles. The van der Waals surface area contributed by atoms with Gasteiger partial charge in [-0.3, -0.25) is 4.79 Å². The van der Waals surface area contributed by atoms with Crippen molar-refractivity contribution in [1.29, 1.82) is 0 Å². The van der Waals surface area contributed by atoms with E-state index in [4.69, 9.17) is 11.6 Å². The molecule has 4 nitrogen and oxygen atoms in total. The van der Waals surface area contributed by atoms with Gasteiger partial charge >= 0.3 is 0 Å². The van der Waals surface area contributed by atoms with Crippen LogP contribution < -0.4 is 5.32 Å². The average molecular weight is 329 g/mol. The van der Waals surface area contributed by atoms with E-state index in [0.29, 0.717) is 28.5 Å². The highest BCUT2D eigenvalue weighted by Crippen LogP contribution is 2.30. The number of hydrogen-bond acceptors (Lipinski definition) is 3. The zero-order chi connectivity index (χ0) is 16.7. The van der Waals surface area contributed by atoms with Crippen molar-refractivity contribution in [2.75, 3.05) is 5.32 Å². The fourth-order valence-electron chi connectivity index (χ4n) is 2.70. The topological polar surface area (TPSA) is 62.2 Å². The Hall–Kier alpha value is -2.33. The molecule has 1 aliphatic carbocycles. The first-order valence-corrected chi connectivity index (χ1v) is 7.71.